The van der Waals surface area contributed by atoms with Crippen molar-refractivity contribution in [1.29, 1.82) is 0 Å². The highest BCUT2D eigenvalue weighted by Gasteiger charge is 2.47. The number of unbranched alkanes of at least 4 members (excludes halogenated alkanes) is 1. The predicted octanol–water partition coefficient (Wildman–Crippen LogP) is 0.603. The number of ether oxygens (including phenoxy) is 3. The van der Waals surface area contributed by atoms with Crippen molar-refractivity contribution in [1.82, 2.24) is 15.5 Å². The van der Waals surface area contributed by atoms with E-state index in [4.69, 9.17) is 19.3 Å². The number of carbonyl (C=O) groups excluding carboxylic acids is 2. The number of nitrogens with one attached hydrogen (secondary N) is 2. The highest BCUT2D eigenvalue weighted by molar-refractivity contribution is 8.00. The number of aliphatic hydroxyl groups is 1. The molecule has 2 rings (SSSR count). The van der Waals surface area contributed by atoms with Crippen LogP contribution in [0.4, 0.5) is 4.79 Å². The third-order valence-electron chi connectivity index (χ3n) is 5.24. The van der Waals surface area contributed by atoms with E-state index in [0.717, 1.165) is 31.6 Å². The third kappa shape index (κ3) is 8.58. The van der Waals surface area contributed by atoms with Gasteiger partial charge in [-0.1, -0.05) is 6.42 Å². The van der Waals surface area contributed by atoms with Crippen LogP contribution in [0.5, 0.6) is 0 Å². The molecule has 0 spiro atoms. The van der Waals surface area contributed by atoms with Crippen LogP contribution >= 0.6 is 11.8 Å². The Kier molecular flexibility index (Phi) is 12.5. The Morgan fingerprint density at radius 2 is 1.87 bits per heavy atom. The molecule has 0 aliphatic carbocycles. The Morgan fingerprint density at radius 1 is 1.17 bits per heavy atom. The van der Waals surface area contributed by atoms with E-state index in [1.54, 1.807) is 0 Å². The van der Waals surface area contributed by atoms with Crippen molar-refractivity contribution in [2.45, 2.75) is 49.9 Å². The molecule has 0 aromatic carbocycles. The largest absolute Gasteiger partial charge is 0.394 e. The zero-order chi connectivity index (χ0) is 21.6. The molecule has 2 aliphatic heterocycles. The fourth-order valence-corrected chi connectivity index (χ4v) is 5.40. The molecule has 0 saturated carbocycles. The molecule has 30 heavy (non-hydrogen) atoms. The van der Waals surface area contributed by atoms with E-state index >= 15 is 0 Å². The van der Waals surface area contributed by atoms with Gasteiger partial charge in [-0.3, -0.25) is 4.79 Å². The van der Waals surface area contributed by atoms with Gasteiger partial charge in [-0.05, 0) is 19.8 Å². The van der Waals surface area contributed by atoms with Gasteiger partial charge in [-0.15, -0.1) is 0 Å². The van der Waals surface area contributed by atoms with Crippen molar-refractivity contribution in [3.63, 3.8) is 0 Å². The molecule has 0 radical (unpaired) electrons. The lowest BCUT2D eigenvalue weighted by Gasteiger charge is -2.26. The van der Waals surface area contributed by atoms with Gasteiger partial charge in [0, 0.05) is 30.5 Å². The SMILES string of the molecule is CCN1C(=O)N[C@H]2CS[C@@H](CCCCC(=O)NCCOCCOCCOCCO)[C@H]21. The summed E-state index contributed by atoms with van der Waals surface area (Å²) in [6, 6.07) is 0.647. The highest BCUT2D eigenvalue weighted by Crippen LogP contribution is 2.37. The number of urea groups is 1. The minimum atomic E-state index is 0.0207. The molecule has 174 valence electrons. The average Bonchev–Trinajstić information content (AvgIpc) is 3.27. The number of nitrogens with zero attached hydrogens (tertiary/aromatic N) is 1. The standard InChI is InChI=1S/C20H37N3O6S/c1-2-23-19-16(22-20(23)26)15-30-17(19)5-3-4-6-18(25)21-7-9-27-11-13-29-14-12-28-10-8-24/h16-17,19,24H,2-15H2,1H3,(H,21,25)(H,22,26)/t16-,17-,19-/m0/s1. The molecule has 3 N–H and O–H groups in total. The summed E-state index contributed by atoms with van der Waals surface area (Å²) in [7, 11) is 0. The number of aliphatic hydroxyl groups excluding tert-OH is 1. The summed E-state index contributed by atoms with van der Waals surface area (Å²) in [6.07, 6.45) is 3.42. The number of amides is 3. The summed E-state index contributed by atoms with van der Waals surface area (Å²) in [6.45, 7) is 5.98. The smallest absolute Gasteiger partial charge is 0.318 e. The van der Waals surface area contributed by atoms with Gasteiger partial charge in [-0.2, -0.15) is 11.8 Å². The Labute approximate surface area is 183 Å². The molecule has 9 nitrogen and oxygen atoms in total. The van der Waals surface area contributed by atoms with E-state index in [-0.39, 0.29) is 24.6 Å². The molecule has 0 aromatic rings. The summed E-state index contributed by atoms with van der Waals surface area (Å²) in [4.78, 5) is 25.8. The van der Waals surface area contributed by atoms with Gasteiger partial charge < -0.3 is 34.9 Å². The zero-order valence-electron chi connectivity index (χ0n) is 18.0. The minimum Gasteiger partial charge on any atom is -0.394 e. The average molecular weight is 448 g/mol. The van der Waals surface area contributed by atoms with E-state index in [1.165, 1.54) is 0 Å². The second kappa shape index (κ2) is 14.9. The Balaban J connectivity index is 1.41. The monoisotopic (exact) mass is 447 g/mol. The van der Waals surface area contributed by atoms with Gasteiger partial charge in [-0.25, -0.2) is 4.79 Å². The van der Waals surface area contributed by atoms with Crippen molar-refractivity contribution in [3.8, 4) is 0 Å². The summed E-state index contributed by atoms with van der Waals surface area (Å²) < 4.78 is 15.8. The van der Waals surface area contributed by atoms with Crippen LogP contribution in [0.3, 0.4) is 0 Å². The van der Waals surface area contributed by atoms with Gasteiger partial charge in [0.2, 0.25) is 5.91 Å². The number of fused-ring (bicyclic) bond motifs is 1. The lowest BCUT2D eigenvalue weighted by Crippen LogP contribution is -2.40. The van der Waals surface area contributed by atoms with Crippen molar-refractivity contribution >= 4 is 23.7 Å². The van der Waals surface area contributed by atoms with E-state index in [2.05, 4.69) is 10.6 Å². The van der Waals surface area contributed by atoms with Crippen LogP contribution in [0.1, 0.15) is 32.6 Å². The van der Waals surface area contributed by atoms with E-state index in [1.807, 2.05) is 23.6 Å². The maximum absolute atomic E-state index is 12.0. The van der Waals surface area contributed by atoms with Gasteiger partial charge in [0.05, 0.1) is 58.3 Å². The van der Waals surface area contributed by atoms with Gasteiger partial charge in [0.15, 0.2) is 0 Å². The van der Waals surface area contributed by atoms with Crippen LogP contribution in [0, 0.1) is 0 Å². The number of carbonyl (C=O) groups is 2. The van der Waals surface area contributed by atoms with Crippen LogP contribution in [-0.4, -0.2) is 104 Å². The van der Waals surface area contributed by atoms with E-state index in [9.17, 15) is 9.59 Å². The normalized spacial score (nSPS) is 22.9. The second-order valence-corrected chi connectivity index (χ2v) is 8.63. The first-order chi connectivity index (χ1) is 14.7. The zero-order valence-corrected chi connectivity index (χ0v) is 18.8. The summed E-state index contributed by atoms with van der Waals surface area (Å²) in [5.41, 5.74) is 0. The first-order valence-electron chi connectivity index (χ1n) is 11.0. The van der Waals surface area contributed by atoms with Gasteiger partial charge in [0.25, 0.3) is 0 Å². The number of rotatable bonds is 17. The fraction of sp³-hybridized carbons (Fsp3) is 0.900. The molecule has 2 fully saturated rings. The molecule has 0 unspecified atom stereocenters. The molecule has 2 aliphatic rings. The number of likely N-dealkylation sites (N-methyl/N-ethyl adjacent to an activating group) is 1. The summed E-state index contributed by atoms with van der Waals surface area (Å²) in [5, 5.41) is 15.0. The van der Waals surface area contributed by atoms with Gasteiger partial charge >= 0.3 is 6.03 Å². The minimum absolute atomic E-state index is 0.0207. The van der Waals surface area contributed by atoms with E-state index < -0.39 is 0 Å². The fourth-order valence-electron chi connectivity index (χ4n) is 3.80. The quantitative estimate of drug-likeness (QED) is 0.221. The molecule has 3 amide bonds. The molecule has 3 atom stereocenters. The maximum Gasteiger partial charge on any atom is 0.318 e. The maximum atomic E-state index is 12.0. The number of hydrogen-bond donors (Lipinski definition) is 3. The molecule has 2 heterocycles. The topological polar surface area (TPSA) is 109 Å². The van der Waals surface area contributed by atoms with Crippen LogP contribution < -0.4 is 10.6 Å². The molecular formula is C20H37N3O6S. The first kappa shape index (κ1) is 25.2. The number of thioether (sulfide) groups is 1. The Bertz CT molecular complexity index is 513. The van der Waals surface area contributed by atoms with Crippen molar-refractivity contribution in [3.05, 3.63) is 0 Å². The molecular weight excluding hydrogens is 410 g/mol. The van der Waals surface area contributed by atoms with Crippen molar-refractivity contribution in [2.24, 2.45) is 0 Å². The summed E-state index contributed by atoms with van der Waals surface area (Å²) in [5.74, 6) is 1.04. The van der Waals surface area contributed by atoms with E-state index in [0.29, 0.717) is 63.9 Å². The third-order valence-corrected chi connectivity index (χ3v) is 6.74. The Hall–Kier alpha value is -1.07. The molecule has 10 heteroatoms. The van der Waals surface area contributed by atoms with Gasteiger partial charge in [0.1, 0.15) is 0 Å². The van der Waals surface area contributed by atoms with Crippen LogP contribution in [0.2, 0.25) is 0 Å². The first-order valence-corrected chi connectivity index (χ1v) is 12.0. The van der Waals surface area contributed by atoms with Crippen molar-refractivity contribution < 1.29 is 28.9 Å². The van der Waals surface area contributed by atoms with Crippen LogP contribution in [0.15, 0.2) is 0 Å². The number of hydrogen-bond acceptors (Lipinski definition) is 7. The van der Waals surface area contributed by atoms with Crippen LogP contribution in [-0.2, 0) is 19.0 Å². The second-order valence-electron chi connectivity index (χ2n) is 7.36. The molecule has 0 aromatic heterocycles. The lowest BCUT2D eigenvalue weighted by molar-refractivity contribution is -0.121. The van der Waals surface area contributed by atoms with Crippen molar-refractivity contribution in [2.75, 3.05) is 65.1 Å². The summed E-state index contributed by atoms with van der Waals surface area (Å²) >= 11 is 1.94. The van der Waals surface area contributed by atoms with Crippen LogP contribution in [0.25, 0.3) is 0 Å². The molecule has 0 bridgehead atoms. The molecule has 2 saturated heterocycles. The predicted molar refractivity (Wildman–Crippen MR) is 116 cm³/mol. The lowest BCUT2D eigenvalue weighted by atomic mass is 10.0. The Morgan fingerprint density at radius 3 is 2.57 bits per heavy atom. The highest BCUT2D eigenvalue weighted by atomic mass is 32.2.